The lowest BCUT2D eigenvalue weighted by Crippen LogP contribution is -2.29. The minimum absolute atomic E-state index is 0.0267. The van der Waals surface area contributed by atoms with Gasteiger partial charge in [0.05, 0.1) is 12.8 Å². The third kappa shape index (κ3) is 5.65. The van der Waals surface area contributed by atoms with Crippen molar-refractivity contribution in [1.82, 2.24) is 0 Å². The van der Waals surface area contributed by atoms with Crippen molar-refractivity contribution in [2.75, 3.05) is 29.2 Å². The Morgan fingerprint density at radius 2 is 1.61 bits per heavy atom. The molecule has 1 saturated heterocycles. The Bertz CT molecular complexity index is 993. The molecule has 3 amide bonds. The Kier molecular flexibility index (Phi) is 6.33. The Morgan fingerprint density at radius 1 is 1.00 bits per heavy atom. The second kappa shape index (κ2) is 8.94. The molecule has 0 unspecified atom stereocenters. The molecule has 11 heteroatoms. The monoisotopic (exact) mass is 437 g/mol. The number of anilines is 3. The van der Waals surface area contributed by atoms with Crippen LogP contribution in [0.5, 0.6) is 11.5 Å². The molecule has 0 aliphatic carbocycles. The Morgan fingerprint density at radius 3 is 2.16 bits per heavy atom. The molecule has 1 aliphatic heterocycles. The fraction of sp³-hybridized carbons (Fsp3) is 0.250. The van der Waals surface area contributed by atoms with E-state index >= 15 is 0 Å². The van der Waals surface area contributed by atoms with Gasteiger partial charge in [0.15, 0.2) is 0 Å². The maximum absolute atomic E-state index is 12.2. The highest BCUT2D eigenvalue weighted by atomic mass is 19.4. The predicted octanol–water partition coefficient (Wildman–Crippen LogP) is 3.30. The molecular weight excluding hydrogens is 419 g/mol. The molecule has 1 heterocycles. The van der Waals surface area contributed by atoms with E-state index in [1.807, 2.05) is 0 Å². The standard InChI is InChI=1S/C20H18F3N3O5/c1-30-16-11-13(6-9-15(16)26-10-2-3-17(26)27)25-19(29)18(28)24-12-4-7-14(8-5-12)31-20(21,22)23/h4-9,11H,2-3,10H2,1H3,(H,24,28)(H,25,29). The number of nitrogens with zero attached hydrogens (tertiary/aromatic N) is 1. The van der Waals surface area contributed by atoms with Gasteiger partial charge in [-0.15, -0.1) is 13.2 Å². The second-order valence-electron chi connectivity index (χ2n) is 6.52. The highest BCUT2D eigenvalue weighted by Gasteiger charge is 2.31. The van der Waals surface area contributed by atoms with Crippen LogP contribution in [0.25, 0.3) is 0 Å². The van der Waals surface area contributed by atoms with E-state index in [0.29, 0.717) is 24.4 Å². The van der Waals surface area contributed by atoms with Gasteiger partial charge in [-0.3, -0.25) is 14.4 Å². The van der Waals surface area contributed by atoms with Crippen molar-refractivity contribution in [3.05, 3.63) is 42.5 Å². The molecule has 2 aromatic carbocycles. The molecule has 164 valence electrons. The summed E-state index contributed by atoms with van der Waals surface area (Å²) < 4.78 is 45.6. The Balaban J connectivity index is 1.63. The van der Waals surface area contributed by atoms with Gasteiger partial charge in [0.25, 0.3) is 0 Å². The summed E-state index contributed by atoms with van der Waals surface area (Å²) in [5.74, 6) is -2.15. The van der Waals surface area contributed by atoms with E-state index in [1.54, 1.807) is 11.0 Å². The van der Waals surface area contributed by atoms with Crippen molar-refractivity contribution in [2.45, 2.75) is 19.2 Å². The molecule has 2 N–H and O–H groups in total. The van der Waals surface area contributed by atoms with E-state index < -0.39 is 23.9 Å². The van der Waals surface area contributed by atoms with Crippen molar-refractivity contribution in [3.63, 3.8) is 0 Å². The number of amides is 3. The van der Waals surface area contributed by atoms with Crippen LogP contribution in [0, 0.1) is 0 Å². The molecule has 0 atom stereocenters. The summed E-state index contributed by atoms with van der Waals surface area (Å²) in [4.78, 5) is 37.8. The highest BCUT2D eigenvalue weighted by molar-refractivity contribution is 6.43. The van der Waals surface area contributed by atoms with E-state index in [-0.39, 0.29) is 17.3 Å². The molecule has 0 aromatic heterocycles. The summed E-state index contributed by atoms with van der Waals surface area (Å²) in [6.45, 7) is 0.566. The van der Waals surface area contributed by atoms with Crippen LogP contribution in [-0.4, -0.2) is 37.7 Å². The van der Waals surface area contributed by atoms with Crippen molar-refractivity contribution < 1.29 is 37.0 Å². The van der Waals surface area contributed by atoms with Gasteiger partial charge in [-0.1, -0.05) is 0 Å². The number of rotatable bonds is 5. The van der Waals surface area contributed by atoms with Crippen LogP contribution in [0.15, 0.2) is 42.5 Å². The molecule has 0 saturated carbocycles. The van der Waals surface area contributed by atoms with Gasteiger partial charge in [0.2, 0.25) is 5.91 Å². The SMILES string of the molecule is COc1cc(NC(=O)C(=O)Nc2ccc(OC(F)(F)F)cc2)ccc1N1CCCC1=O. The van der Waals surface area contributed by atoms with Crippen molar-refractivity contribution in [2.24, 2.45) is 0 Å². The van der Waals surface area contributed by atoms with Gasteiger partial charge in [0, 0.05) is 30.4 Å². The molecule has 1 aliphatic rings. The minimum Gasteiger partial charge on any atom is -0.494 e. The molecule has 31 heavy (non-hydrogen) atoms. The van der Waals surface area contributed by atoms with Gasteiger partial charge in [-0.05, 0) is 42.8 Å². The molecular formula is C20H18F3N3O5. The van der Waals surface area contributed by atoms with Crippen LogP contribution < -0.4 is 25.0 Å². The van der Waals surface area contributed by atoms with Crippen LogP contribution in [0.4, 0.5) is 30.2 Å². The zero-order valence-corrected chi connectivity index (χ0v) is 16.3. The van der Waals surface area contributed by atoms with Crippen LogP contribution >= 0.6 is 0 Å². The van der Waals surface area contributed by atoms with Gasteiger partial charge in [-0.2, -0.15) is 0 Å². The van der Waals surface area contributed by atoms with E-state index in [9.17, 15) is 27.6 Å². The molecule has 1 fully saturated rings. The van der Waals surface area contributed by atoms with Crippen molar-refractivity contribution >= 4 is 34.8 Å². The summed E-state index contributed by atoms with van der Waals surface area (Å²) in [7, 11) is 1.42. The summed E-state index contributed by atoms with van der Waals surface area (Å²) in [5.41, 5.74) is 0.935. The largest absolute Gasteiger partial charge is 0.573 e. The number of carbonyl (C=O) groups is 3. The van der Waals surface area contributed by atoms with Crippen LogP contribution in [-0.2, 0) is 14.4 Å². The molecule has 3 rings (SSSR count). The van der Waals surface area contributed by atoms with E-state index in [4.69, 9.17) is 4.74 Å². The van der Waals surface area contributed by atoms with Gasteiger partial charge >= 0.3 is 18.2 Å². The lowest BCUT2D eigenvalue weighted by Gasteiger charge is -2.19. The molecule has 8 nitrogen and oxygen atoms in total. The van der Waals surface area contributed by atoms with Gasteiger partial charge < -0.3 is 25.0 Å². The number of methoxy groups -OCH3 is 1. The predicted molar refractivity (Wildman–Crippen MR) is 105 cm³/mol. The topological polar surface area (TPSA) is 97.0 Å². The number of halogens is 3. The van der Waals surface area contributed by atoms with Crippen LogP contribution in [0.1, 0.15) is 12.8 Å². The molecule has 0 spiro atoms. The van der Waals surface area contributed by atoms with E-state index in [0.717, 1.165) is 30.7 Å². The number of ether oxygens (including phenoxy) is 2. The lowest BCUT2D eigenvalue weighted by atomic mass is 10.2. The quantitative estimate of drug-likeness (QED) is 0.700. The summed E-state index contributed by atoms with van der Waals surface area (Å²) in [6, 6.07) is 8.95. The number of benzene rings is 2. The third-order valence-electron chi connectivity index (χ3n) is 4.35. The normalized spacial score (nSPS) is 13.7. The third-order valence-corrected chi connectivity index (χ3v) is 4.35. The molecule has 2 aromatic rings. The Labute approximate surface area is 174 Å². The summed E-state index contributed by atoms with van der Waals surface area (Å²) in [6.07, 6.45) is -3.64. The first-order chi connectivity index (χ1) is 14.7. The second-order valence-corrected chi connectivity index (χ2v) is 6.52. The minimum atomic E-state index is -4.83. The summed E-state index contributed by atoms with van der Waals surface area (Å²) >= 11 is 0. The Hall–Kier alpha value is -3.76. The van der Waals surface area contributed by atoms with E-state index in [2.05, 4.69) is 15.4 Å². The first-order valence-electron chi connectivity index (χ1n) is 9.13. The highest BCUT2D eigenvalue weighted by Crippen LogP contribution is 2.33. The molecule has 0 radical (unpaired) electrons. The van der Waals surface area contributed by atoms with Crippen LogP contribution in [0.3, 0.4) is 0 Å². The number of carbonyl (C=O) groups excluding carboxylic acids is 3. The number of hydrogen-bond acceptors (Lipinski definition) is 5. The summed E-state index contributed by atoms with van der Waals surface area (Å²) in [5, 5.41) is 4.67. The zero-order valence-electron chi connectivity index (χ0n) is 16.3. The number of hydrogen-bond donors (Lipinski definition) is 2. The van der Waals surface area contributed by atoms with Gasteiger partial charge in [-0.25, -0.2) is 0 Å². The number of alkyl halides is 3. The fourth-order valence-corrected chi connectivity index (χ4v) is 3.00. The maximum atomic E-state index is 12.2. The van der Waals surface area contributed by atoms with Crippen LogP contribution in [0.2, 0.25) is 0 Å². The average molecular weight is 437 g/mol. The van der Waals surface area contributed by atoms with Crippen molar-refractivity contribution in [3.8, 4) is 11.5 Å². The van der Waals surface area contributed by atoms with Gasteiger partial charge in [0.1, 0.15) is 11.5 Å². The zero-order chi connectivity index (χ0) is 22.6. The molecule has 0 bridgehead atoms. The fourth-order valence-electron chi connectivity index (χ4n) is 3.00. The number of nitrogens with one attached hydrogen (secondary N) is 2. The van der Waals surface area contributed by atoms with E-state index in [1.165, 1.54) is 19.2 Å². The first-order valence-corrected chi connectivity index (χ1v) is 9.13. The average Bonchev–Trinajstić information content (AvgIpc) is 3.13. The lowest BCUT2D eigenvalue weighted by molar-refractivity contribution is -0.274. The smallest absolute Gasteiger partial charge is 0.494 e. The van der Waals surface area contributed by atoms with Crippen molar-refractivity contribution in [1.29, 1.82) is 0 Å². The maximum Gasteiger partial charge on any atom is 0.573 e. The first kappa shape index (κ1) is 21.9.